The van der Waals surface area contributed by atoms with Crippen LogP contribution in [-0.2, 0) is 19.0 Å². The lowest BCUT2D eigenvalue weighted by Gasteiger charge is -2.17. The van der Waals surface area contributed by atoms with E-state index in [-0.39, 0.29) is 34.1 Å². The number of aliphatic hydroxyl groups is 6. The summed E-state index contributed by atoms with van der Waals surface area (Å²) in [7, 11) is -2.25. The van der Waals surface area contributed by atoms with Gasteiger partial charge in [-0.1, -0.05) is 0 Å². The Morgan fingerprint density at radius 2 is 1.33 bits per heavy atom. The average molecular weight is 673 g/mol. The molecule has 2 saturated heterocycles. The summed E-state index contributed by atoms with van der Waals surface area (Å²) in [6.07, 6.45) is -7.42. The highest BCUT2D eigenvalue weighted by atomic mass is 31.2. The third-order valence-electron chi connectivity index (χ3n) is 7.39. The van der Waals surface area contributed by atoms with E-state index in [0.717, 1.165) is 0 Å². The first-order chi connectivity index (χ1) is 21.8. The Labute approximate surface area is 258 Å². The molecule has 3 unspecified atom stereocenters. The molecular weight excluding hydrogens is 639 g/mol. The first-order valence-electron chi connectivity index (χ1n) is 13.6. The highest BCUT2D eigenvalue weighted by molar-refractivity contribution is 7.45. The van der Waals surface area contributed by atoms with E-state index in [1.807, 2.05) is 0 Å². The number of ether oxygens (including phenoxy) is 2. The van der Waals surface area contributed by atoms with Crippen molar-refractivity contribution in [1.29, 1.82) is 0 Å². The van der Waals surface area contributed by atoms with E-state index in [1.54, 1.807) is 20.0 Å². The van der Waals surface area contributed by atoms with Crippen LogP contribution in [0.2, 0.25) is 0 Å². The number of nitrogen functional groups attached to an aromatic ring is 2. The van der Waals surface area contributed by atoms with E-state index in [0.29, 0.717) is 16.5 Å². The van der Waals surface area contributed by atoms with Gasteiger partial charge in [-0.3, -0.25) is 19.6 Å². The zero-order valence-corrected chi connectivity index (χ0v) is 25.1. The van der Waals surface area contributed by atoms with Crippen LogP contribution in [0.3, 0.4) is 0 Å². The number of nitrogens with one attached hydrogen (secondary N) is 2. The number of aliphatic hydroxyl groups excluding tert-OH is 6. The Morgan fingerprint density at radius 1 is 0.848 bits per heavy atom. The number of hydrogen-bond donors (Lipinski definition) is 11. The van der Waals surface area contributed by atoms with Gasteiger partial charge in [0, 0.05) is 12.4 Å². The molecule has 0 aliphatic carbocycles. The van der Waals surface area contributed by atoms with Crippen molar-refractivity contribution in [2.45, 2.75) is 63.1 Å². The van der Waals surface area contributed by atoms with Crippen molar-refractivity contribution in [2.24, 2.45) is 0 Å². The zero-order valence-electron chi connectivity index (χ0n) is 24.2. The van der Waals surface area contributed by atoms with E-state index in [2.05, 4.69) is 24.6 Å². The van der Waals surface area contributed by atoms with Crippen molar-refractivity contribution in [3.05, 3.63) is 44.2 Å². The normalized spacial score (nSPS) is 28.5. The van der Waals surface area contributed by atoms with Gasteiger partial charge in [0.15, 0.2) is 23.8 Å². The minimum Gasteiger partial charge on any atom is -0.394 e. The molecule has 0 amide bonds. The second kappa shape index (κ2) is 13.3. The quantitative estimate of drug-likeness (QED) is 0.0518. The zero-order chi connectivity index (χ0) is 33.6. The minimum absolute atomic E-state index is 0.0569. The Bertz CT molecular complexity index is 1830. The number of aromatic amines is 2. The first-order valence-corrected chi connectivity index (χ1v) is 15.0. The van der Waals surface area contributed by atoms with E-state index in [4.69, 9.17) is 40.9 Å². The first kappa shape index (κ1) is 33.8. The number of nitrogens with two attached hydrogens (primary N) is 2. The van der Waals surface area contributed by atoms with E-state index < -0.39 is 76.2 Å². The molecule has 0 aromatic carbocycles. The molecule has 6 heterocycles. The van der Waals surface area contributed by atoms with Gasteiger partial charge in [0.05, 0.1) is 17.4 Å². The van der Waals surface area contributed by atoms with Crippen molar-refractivity contribution in [2.75, 3.05) is 24.4 Å². The molecule has 6 rings (SSSR count). The van der Waals surface area contributed by atoms with Crippen LogP contribution in [0.15, 0.2) is 22.0 Å². The van der Waals surface area contributed by atoms with Gasteiger partial charge in [0.2, 0.25) is 26.6 Å². The van der Waals surface area contributed by atoms with Crippen LogP contribution >= 0.6 is 8.38 Å². The number of hydrogen-bond acceptors (Lipinski definition) is 17. The predicted molar refractivity (Wildman–Crippen MR) is 156 cm³/mol. The van der Waals surface area contributed by atoms with Gasteiger partial charge < -0.3 is 65.6 Å². The maximum Gasteiger partial charge on any atom is 0.262 e. The molecule has 2 fully saturated rings. The van der Waals surface area contributed by atoms with Gasteiger partial charge in [-0.2, -0.15) is 19.5 Å². The Kier molecular flexibility index (Phi) is 9.75. The summed E-state index contributed by atoms with van der Waals surface area (Å²) in [5, 5.41) is 58.6. The number of anilines is 2. The Morgan fingerprint density at radius 3 is 1.78 bits per heavy atom. The van der Waals surface area contributed by atoms with E-state index >= 15 is 0 Å². The molecule has 2 aliphatic heterocycles. The van der Waals surface area contributed by atoms with Crippen LogP contribution in [0.1, 0.15) is 23.6 Å². The van der Waals surface area contributed by atoms with Gasteiger partial charge in [0.1, 0.15) is 36.9 Å². The lowest BCUT2D eigenvalue weighted by molar-refractivity contribution is -0.332. The van der Waals surface area contributed by atoms with Crippen LogP contribution < -0.4 is 22.6 Å². The van der Waals surface area contributed by atoms with Crippen LogP contribution in [0.4, 0.5) is 11.9 Å². The molecule has 4 aromatic heterocycles. The molecule has 4 aromatic rings. The van der Waals surface area contributed by atoms with Gasteiger partial charge in [-0.15, -0.1) is 0 Å². The fraction of sp³-hybridized carbons (Fsp3) is 0.500. The van der Waals surface area contributed by atoms with Gasteiger partial charge >= 0.3 is 0 Å². The van der Waals surface area contributed by atoms with E-state index in [9.17, 15) is 30.0 Å². The highest BCUT2D eigenvalue weighted by Crippen LogP contribution is 2.37. The number of aryl methyl sites for hydroxylation is 2. The monoisotopic (exact) mass is 672 g/mol. The molecule has 0 spiro atoms. The highest BCUT2D eigenvalue weighted by Gasteiger charge is 2.46. The summed E-state index contributed by atoms with van der Waals surface area (Å²) >= 11 is 0. The predicted octanol–water partition coefficient (Wildman–Crippen LogP) is -3.38. The molecule has 9 atom stereocenters. The van der Waals surface area contributed by atoms with Crippen molar-refractivity contribution in [3.63, 3.8) is 0 Å². The van der Waals surface area contributed by atoms with Crippen molar-refractivity contribution < 1.29 is 54.6 Å². The summed E-state index contributed by atoms with van der Waals surface area (Å²) in [5.41, 5.74) is 11.9. The molecule has 21 nitrogen and oxygen atoms in total. The van der Waals surface area contributed by atoms with Crippen LogP contribution in [0.25, 0.3) is 22.1 Å². The summed E-state index contributed by atoms with van der Waals surface area (Å²) in [4.78, 5) is 50.7. The summed E-state index contributed by atoms with van der Waals surface area (Å²) in [5.74, 6) is -0.173. The molecule has 0 bridgehead atoms. The Hall–Kier alpha value is -3.57. The fourth-order valence-electron chi connectivity index (χ4n) is 5.26. The maximum atomic E-state index is 12.0. The van der Waals surface area contributed by atoms with Crippen molar-refractivity contribution in [3.8, 4) is 0 Å². The molecule has 252 valence electrons. The number of nitrogens with zero attached hydrogens (tertiary/aromatic N) is 4. The van der Waals surface area contributed by atoms with E-state index in [1.165, 1.54) is 15.3 Å². The smallest absolute Gasteiger partial charge is 0.262 e. The average Bonchev–Trinajstić information content (AvgIpc) is 3.69. The summed E-state index contributed by atoms with van der Waals surface area (Å²) < 4.78 is 18.1. The molecule has 2 aliphatic rings. The van der Waals surface area contributed by atoms with Gasteiger partial charge in [0.25, 0.3) is 11.1 Å². The second-order valence-corrected chi connectivity index (χ2v) is 11.6. The molecule has 0 radical (unpaired) electrons. The summed E-state index contributed by atoms with van der Waals surface area (Å²) in [6, 6.07) is 0. The Balaban J connectivity index is 0.000000184. The van der Waals surface area contributed by atoms with Crippen molar-refractivity contribution >= 4 is 42.3 Å². The van der Waals surface area contributed by atoms with Gasteiger partial charge in [-0.25, -0.2) is 0 Å². The SMILES string of the molecule is Cc1cn([C@@H]2O[C@H](CO)[C@H](O)C2O)c2nc(N)[nH]c(=O)c12.Cc1cn([C@@H]2O[C@H](OOP(O)CO)[C@H](O)C2O)c2nc(N)[nH]c(=O)c12. The standard InChI is InChI=1S/C12H17N4O8P.C12H16N4O5/c1-4-2-16(8-5(4)9(20)15-12(13)14-8)10-6(18)7(19)11(22-10)23-24-25(21)3-17;1-4-2-16(9-6(4)10(20)15-12(13)14-9)11-8(19)7(18)5(3-17)21-11/h2,6-7,10-11,17-19,21H,3H2,1H3,(H3,13,14,15,20);2,5,7-8,11,17-19H,3H2,1H3,(H3,13,14,15,20)/t6?,7-,10-,11-,25?;5-,7+,8?,11-/m11/s1. The molecule has 22 heteroatoms. The molecule has 0 saturated carbocycles. The number of aromatic nitrogens is 6. The minimum atomic E-state index is -2.25. The lowest BCUT2D eigenvalue weighted by atomic mass is 10.1. The largest absolute Gasteiger partial charge is 0.394 e. The molecule has 13 N–H and O–H groups in total. The van der Waals surface area contributed by atoms with Crippen LogP contribution in [0.5, 0.6) is 0 Å². The lowest BCUT2D eigenvalue weighted by Crippen LogP contribution is -2.33. The maximum absolute atomic E-state index is 12.0. The number of fused-ring (bicyclic) bond motifs is 2. The third-order valence-corrected chi connectivity index (χ3v) is 7.89. The number of H-pyrrole nitrogens is 2. The molecular formula is C24H33N8O13P. The topological polar surface area (TPSA) is 332 Å². The van der Waals surface area contributed by atoms with Crippen LogP contribution in [-0.4, -0.2) is 114 Å². The third kappa shape index (κ3) is 6.11. The fourth-order valence-corrected chi connectivity index (χ4v) is 5.49. The van der Waals surface area contributed by atoms with Crippen LogP contribution in [0, 0.1) is 13.8 Å². The molecule has 46 heavy (non-hydrogen) atoms. The number of rotatable bonds is 7. The second-order valence-electron chi connectivity index (χ2n) is 10.5. The van der Waals surface area contributed by atoms with Crippen molar-refractivity contribution in [1.82, 2.24) is 29.1 Å². The summed E-state index contributed by atoms with van der Waals surface area (Å²) in [6.45, 7) is 2.96. The van der Waals surface area contributed by atoms with Gasteiger partial charge in [-0.05, 0) is 25.0 Å².